The number of unbranched alkanes of at least 4 members (excludes halogenated alkanes) is 5. The maximum absolute atomic E-state index is 12.7. The minimum absolute atomic E-state index is 0.0788. The van der Waals surface area contributed by atoms with Crippen LogP contribution in [0, 0.1) is 0 Å². The number of rotatable bonds is 23. The van der Waals surface area contributed by atoms with Crippen LogP contribution in [0.1, 0.15) is 120 Å². The fourth-order valence-corrected chi connectivity index (χ4v) is 6.31. The SMILES string of the molecule is CCOC(=O)c1cc(NC(=O)Nc2ccc(NC(=O)CCCCCCCCC(=O)Nc3ccc(NC(=O)Nc4cc(C(=O)OCC)cc(C(=O)OCC)c4)cc3)cc2)cc(C(=O)OCC)c1. The Morgan fingerprint density at radius 2 is 0.576 bits per heavy atom. The molecule has 66 heavy (non-hydrogen) atoms. The highest BCUT2D eigenvalue weighted by atomic mass is 16.5. The standard InChI is InChI=1S/C48H56N6O12/c1-5-63-43(57)31-25-32(44(58)64-6-2)28-39(27-31)53-47(61)51-37-21-17-35(18-22-37)49-41(55)15-13-11-9-10-12-14-16-42(56)50-36-19-23-38(24-20-36)52-48(62)54-40-29-33(45(59)65-7-3)26-34(30-40)46(60)66-8-4/h17-30H,5-16H2,1-4H3,(H,49,55)(H,50,56)(H2,51,53,61)(H2,52,54,62). The molecule has 0 aromatic heterocycles. The van der Waals surface area contributed by atoms with E-state index in [4.69, 9.17) is 18.9 Å². The lowest BCUT2D eigenvalue weighted by Gasteiger charge is -2.12. The van der Waals surface area contributed by atoms with Crippen LogP contribution in [-0.4, -0.2) is 74.2 Å². The third-order valence-electron chi connectivity index (χ3n) is 9.34. The molecule has 0 unspecified atom stereocenters. The first kappa shape index (κ1) is 50.9. The largest absolute Gasteiger partial charge is 0.462 e. The van der Waals surface area contributed by atoms with Crippen molar-refractivity contribution in [1.29, 1.82) is 0 Å². The number of anilines is 6. The third-order valence-corrected chi connectivity index (χ3v) is 9.34. The van der Waals surface area contributed by atoms with Crippen LogP contribution in [0.4, 0.5) is 43.7 Å². The molecule has 0 aliphatic rings. The molecule has 0 spiro atoms. The number of nitrogens with one attached hydrogen (secondary N) is 6. The molecule has 4 aromatic rings. The summed E-state index contributed by atoms with van der Waals surface area (Å²) in [5.41, 5.74) is 2.69. The van der Waals surface area contributed by atoms with Crippen molar-refractivity contribution in [3.8, 4) is 0 Å². The summed E-state index contributed by atoms with van der Waals surface area (Å²) in [5, 5.41) is 16.3. The van der Waals surface area contributed by atoms with E-state index < -0.39 is 35.9 Å². The second-order valence-electron chi connectivity index (χ2n) is 14.5. The molecule has 0 saturated carbocycles. The molecular formula is C48H56N6O12. The normalized spacial score (nSPS) is 10.4. The summed E-state index contributed by atoms with van der Waals surface area (Å²) in [5.74, 6) is -2.89. The van der Waals surface area contributed by atoms with Gasteiger partial charge in [0.2, 0.25) is 11.8 Å². The molecule has 0 heterocycles. The number of hydrogen-bond donors (Lipinski definition) is 6. The van der Waals surface area contributed by atoms with Crippen LogP contribution < -0.4 is 31.9 Å². The molecule has 350 valence electrons. The van der Waals surface area contributed by atoms with E-state index in [1.54, 1.807) is 76.2 Å². The maximum atomic E-state index is 12.7. The van der Waals surface area contributed by atoms with E-state index in [0.29, 0.717) is 48.4 Å². The van der Waals surface area contributed by atoms with Gasteiger partial charge in [0.1, 0.15) is 0 Å². The topological polar surface area (TPSA) is 246 Å². The highest BCUT2D eigenvalue weighted by Crippen LogP contribution is 2.22. The molecule has 4 aromatic carbocycles. The average molecular weight is 909 g/mol. The van der Waals surface area contributed by atoms with Crippen LogP contribution in [-0.2, 0) is 28.5 Å². The number of urea groups is 2. The van der Waals surface area contributed by atoms with E-state index in [2.05, 4.69) is 31.9 Å². The van der Waals surface area contributed by atoms with E-state index in [-0.39, 0.29) is 71.9 Å². The van der Waals surface area contributed by atoms with Crippen LogP contribution in [0.3, 0.4) is 0 Å². The first-order valence-electron chi connectivity index (χ1n) is 21.7. The van der Waals surface area contributed by atoms with Crippen molar-refractivity contribution in [3.63, 3.8) is 0 Å². The van der Waals surface area contributed by atoms with Gasteiger partial charge in [-0.15, -0.1) is 0 Å². The van der Waals surface area contributed by atoms with Crippen molar-refractivity contribution in [2.24, 2.45) is 0 Å². The first-order valence-corrected chi connectivity index (χ1v) is 21.7. The van der Waals surface area contributed by atoms with Crippen molar-refractivity contribution >= 4 is 81.9 Å². The maximum Gasteiger partial charge on any atom is 0.338 e. The van der Waals surface area contributed by atoms with Gasteiger partial charge in [0, 0.05) is 47.0 Å². The number of benzene rings is 4. The molecule has 18 heteroatoms. The highest BCUT2D eigenvalue weighted by Gasteiger charge is 2.18. The van der Waals surface area contributed by atoms with Crippen molar-refractivity contribution < 1.29 is 57.3 Å². The van der Waals surface area contributed by atoms with E-state index in [1.165, 1.54) is 36.4 Å². The number of amides is 6. The molecule has 0 fully saturated rings. The first-order chi connectivity index (χ1) is 31.8. The fraction of sp³-hybridized carbons (Fsp3) is 0.333. The van der Waals surface area contributed by atoms with Gasteiger partial charge in [0.15, 0.2) is 0 Å². The Balaban J connectivity index is 1.09. The van der Waals surface area contributed by atoms with Crippen LogP contribution in [0.25, 0.3) is 0 Å². The van der Waals surface area contributed by atoms with Gasteiger partial charge in [-0.25, -0.2) is 28.8 Å². The molecule has 0 aliphatic carbocycles. The Labute approximate surface area is 382 Å². The van der Waals surface area contributed by atoms with E-state index in [0.717, 1.165) is 25.7 Å². The Kier molecular flexibility index (Phi) is 20.6. The smallest absolute Gasteiger partial charge is 0.338 e. The predicted molar refractivity (Wildman–Crippen MR) is 249 cm³/mol. The van der Waals surface area contributed by atoms with Crippen molar-refractivity contribution in [3.05, 3.63) is 107 Å². The van der Waals surface area contributed by atoms with Crippen molar-refractivity contribution in [2.75, 3.05) is 58.3 Å². The third kappa shape index (κ3) is 17.4. The number of hydrogen-bond acceptors (Lipinski definition) is 12. The van der Waals surface area contributed by atoms with E-state index >= 15 is 0 Å². The molecule has 6 amide bonds. The Morgan fingerprint density at radius 1 is 0.333 bits per heavy atom. The molecule has 0 aliphatic heterocycles. The van der Waals surface area contributed by atoms with Gasteiger partial charge in [-0.3, -0.25) is 9.59 Å². The summed E-state index contributed by atoms with van der Waals surface area (Å²) in [7, 11) is 0. The molecule has 4 rings (SSSR count). The van der Waals surface area contributed by atoms with Crippen LogP contribution in [0.2, 0.25) is 0 Å². The van der Waals surface area contributed by atoms with Gasteiger partial charge in [0.05, 0.1) is 48.7 Å². The summed E-state index contributed by atoms with van der Waals surface area (Å²) >= 11 is 0. The zero-order valence-corrected chi connectivity index (χ0v) is 37.5. The summed E-state index contributed by atoms with van der Waals surface area (Å²) in [6.07, 6.45) is 5.62. The van der Waals surface area contributed by atoms with Crippen LogP contribution in [0.15, 0.2) is 84.9 Å². The summed E-state index contributed by atoms with van der Waals surface area (Å²) in [6.45, 7) is 7.15. The quantitative estimate of drug-likeness (QED) is 0.0232. The molecule has 0 saturated heterocycles. The lowest BCUT2D eigenvalue weighted by Crippen LogP contribution is -2.20. The fourth-order valence-electron chi connectivity index (χ4n) is 6.31. The van der Waals surface area contributed by atoms with Gasteiger partial charge >= 0.3 is 35.9 Å². The van der Waals surface area contributed by atoms with Crippen molar-refractivity contribution in [1.82, 2.24) is 0 Å². The minimum atomic E-state index is -0.653. The van der Waals surface area contributed by atoms with Gasteiger partial charge < -0.3 is 50.8 Å². The molecule has 18 nitrogen and oxygen atoms in total. The van der Waals surface area contributed by atoms with Gasteiger partial charge in [-0.05, 0) is 125 Å². The second kappa shape index (κ2) is 26.8. The van der Waals surface area contributed by atoms with E-state index in [9.17, 15) is 38.4 Å². The summed E-state index contributed by atoms with van der Waals surface area (Å²) in [6, 6.07) is 20.1. The van der Waals surface area contributed by atoms with Crippen LogP contribution >= 0.6 is 0 Å². The number of ether oxygens (including phenoxy) is 4. The molecule has 0 atom stereocenters. The van der Waals surface area contributed by atoms with Gasteiger partial charge in [-0.1, -0.05) is 25.7 Å². The molecule has 6 N–H and O–H groups in total. The zero-order valence-electron chi connectivity index (χ0n) is 37.5. The molecule has 0 radical (unpaired) electrons. The van der Waals surface area contributed by atoms with Gasteiger partial charge in [-0.2, -0.15) is 0 Å². The average Bonchev–Trinajstić information content (AvgIpc) is 3.28. The monoisotopic (exact) mass is 908 g/mol. The molecular weight excluding hydrogens is 853 g/mol. The number of carbonyl (C=O) groups excluding carboxylic acids is 8. The summed E-state index contributed by atoms with van der Waals surface area (Å²) < 4.78 is 20.1. The number of esters is 4. The summed E-state index contributed by atoms with van der Waals surface area (Å²) in [4.78, 5) is 99.9. The van der Waals surface area contributed by atoms with E-state index in [1.807, 2.05) is 0 Å². The Hall–Kier alpha value is -7.76. The van der Waals surface area contributed by atoms with Crippen LogP contribution in [0.5, 0.6) is 0 Å². The van der Waals surface area contributed by atoms with Crippen molar-refractivity contribution in [2.45, 2.75) is 79.1 Å². The molecule has 0 bridgehead atoms. The highest BCUT2D eigenvalue weighted by molar-refractivity contribution is 6.04. The lowest BCUT2D eigenvalue weighted by atomic mass is 10.1. The number of carbonyl (C=O) groups is 8. The Bertz CT molecular complexity index is 2100. The minimum Gasteiger partial charge on any atom is -0.462 e. The zero-order chi connectivity index (χ0) is 47.8. The lowest BCUT2D eigenvalue weighted by molar-refractivity contribution is -0.117. The second-order valence-corrected chi connectivity index (χ2v) is 14.5. The predicted octanol–water partition coefficient (Wildman–Crippen LogP) is 9.38. The van der Waals surface area contributed by atoms with Gasteiger partial charge in [0.25, 0.3) is 0 Å². The Morgan fingerprint density at radius 3 is 0.848 bits per heavy atom.